The van der Waals surface area contributed by atoms with Gasteiger partial charge in [-0.2, -0.15) is 0 Å². The zero-order valence-corrected chi connectivity index (χ0v) is 12.5. The Morgan fingerprint density at radius 1 is 1.53 bits per heavy atom. The van der Waals surface area contributed by atoms with Gasteiger partial charge in [-0.05, 0) is 48.1 Å². The lowest BCUT2D eigenvalue weighted by Crippen LogP contribution is -2.17. The van der Waals surface area contributed by atoms with Crippen molar-refractivity contribution in [3.05, 3.63) is 38.1 Å². The van der Waals surface area contributed by atoms with Gasteiger partial charge in [-0.15, -0.1) is 11.3 Å². The Hall–Kier alpha value is -0.650. The SMILES string of the molecule is Cc1nc(CNC(C)c2sccc2Br)oc1C. The molecule has 0 aromatic carbocycles. The smallest absolute Gasteiger partial charge is 0.208 e. The van der Waals surface area contributed by atoms with E-state index in [1.807, 2.05) is 13.8 Å². The van der Waals surface area contributed by atoms with E-state index in [4.69, 9.17) is 4.42 Å². The number of hydrogen-bond acceptors (Lipinski definition) is 4. The predicted octanol–water partition coefficient (Wildman–Crippen LogP) is 3.97. The summed E-state index contributed by atoms with van der Waals surface area (Å²) in [6.07, 6.45) is 0. The molecule has 2 aromatic heterocycles. The van der Waals surface area contributed by atoms with Crippen molar-refractivity contribution >= 4 is 27.3 Å². The Morgan fingerprint density at radius 3 is 2.82 bits per heavy atom. The first-order valence-corrected chi connectivity index (χ1v) is 7.14. The summed E-state index contributed by atoms with van der Waals surface area (Å²) in [5.74, 6) is 1.64. The average molecular weight is 315 g/mol. The first-order chi connectivity index (χ1) is 8.08. The third-order valence-corrected chi connectivity index (χ3v) is 4.72. The van der Waals surface area contributed by atoms with Crippen LogP contribution >= 0.6 is 27.3 Å². The highest BCUT2D eigenvalue weighted by molar-refractivity contribution is 9.10. The molecule has 0 aliphatic heterocycles. The highest BCUT2D eigenvalue weighted by atomic mass is 79.9. The molecule has 0 aliphatic carbocycles. The zero-order valence-electron chi connectivity index (χ0n) is 10.1. The Morgan fingerprint density at radius 2 is 2.29 bits per heavy atom. The number of nitrogens with zero attached hydrogens (tertiary/aromatic N) is 1. The Balaban J connectivity index is 1.97. The molecule has 5 heteroatoms. The highest BCUT2D eigenvalue weighted by Crippen LogP contribution is 2.28. The van der Waals surface area contributed by atoms with Crippen LogP contribution in [0.25, 0.3) is 0 Å². The molecule has 92 valence electrons. The van der Waals surface area contributed by atoms with E-state index < -0.39 is 0 Å². The second-order valence-corrected chi connectivity index (χ2v) is 5.79. The topological polar surface area (TPSA) is 38.1 Å². The van der Waals surface area contributed by atoms with Crippen molar-refractivity contribution in [2.75, 3.05) is 0 Å². The molecule has 0 saturated carbocycles. The van der Waals surface area contributed by atoms with Crippen LogP contribution < -0.4 is 5.32 Å². The maximum Gasteiger partial charge on any atom is 0.208 e. The molecule has 0 spiro atoms. The molecular weight excluding hydrogens is 300 g/mol. The minimum absolute atomic E-state index is 0.289. The van der Waals surface area contributed by atoms with Gasteiger partial charge in [0.1, 0.15) is 5.76 Å². The Bertz CT molecular complexity index is 487. The molecule has 1 unspecified atom stereocenters. The van der Waals surface area contributed by atoms with Crippen molar-refractivity contribution in [3.63, 3.8) is 0 Å². The van der Waals surface area contributed by atoms with Crippen molar-refractivity contribution < 1.29 is 4.42 Å². The second-order valence-electron chi connectivity index (χ2n) is 3.98. The van der Waals surface area contributed by atoms with Gasteiger partial charge in [-0.3, -0.25) is 0 Å². The first-order valence-electron chi connectivity index (χ1n) is 5.47. The summed E-state index contributed by atoms with van der Waals surface area (Å²) in [6.45, 7) is 6.69. The maximum absolute atomic E-state index is 5.53. The van der Waals surface area contributed by atoms with Gasteiger partial charge in [-0.25, -0.2) is 4.98 Å². The second kappa shape index (κ2) is 5.33. The molecule has 3 nitrogen and oxygen atoms in total. The average Bonchev–Trinajstić information content (AvgIpc) is 2.83. The van der Waals surface area contributed by atoms with Gasteiger partial charge in [0.2, 0.25) is 5.89 Å². The monoisotopic (exact) mass is 314 g/mol. The normalized spacial score (nSPS) is 12.9. The van der Waals surface area contributed by atoms with Crippen LogP contribution in [0.1, 0.15) is 35.2 Å². The zero-order chi connectivity index (χ0) is 12.4. The molecule has 2 rings (SSSR count). The summed E-state index contributed by atoms with van der Waals surface area (Å²) in [5.41, 5.74) is 0.965. The number of rotatable bonds is 4. The van der Waals surface area contributed by atoms with Crippen molar-refractivity contribution in [2.45, 2.75) is 33.4 Å². The van der Waals surface area contributed by atoms with Crippen molar-refractivity contribution in [3.8, 4) is 0 Å². The lowest BCUT2D eigenvalue weighted by molar-refractivity contribution is 0.433. The Kier molecular flexibility index (Phi) is 4.01. The number of halogens is 1. The summed E-state index contributed by atoms with van der Waals surface area (Å²) in [4.78, 5) is 5.64. The number of nitrogens with one attached hydrogen (secondary N) is 1. The molecule has 0 aliphatic rings. The molecule has 1 atom stereocenters. The third kappa shape index (κ3) is 2.97. The minimum atomic E-state index is 0.289. The molecule has 0 radical (unpaired) electrons. The van der Waals surface area contributed by atoms with Gasteiger partial charge in [0, 0.05) is 15.4 Å². The summed E-state index contributed by atoms with van der Waals surface area (Å²) < 4.78 is 6.69. The standard InChI is InChI=1S/C12H15BrN2OS/c1-7-9(3)16-11(15-7)6-14-8(2)12-10(13)4-5-17-12/h4-5,8,14H,6H2,1-3H3. The van der Waals surface area contributed by atoms with Crippen LogP contribution in [0.3, 0.4) is 0 Å². The van der Waals surface area contributed by atoms with Crippen molar-refractivity contribution in [1.82, 2.24) is 10.3 Å². The van der Waals surface area contributed by atoms with Crippen LogP contribution in [0, 0.1) is 13.8 Å². The van der Waals surface area contributed by atoms with Crippen LogP contribution in [0.5, 0.6) is 0 Å². The number of oxazole rings is 1. The van der Waals surface area contributed by atoms with E-state index in [1.165, 1.54) is 4.88 Å². The van der Waals surface area contributed by atoms with E-state index in [0.717, 1.165) is 21.8 Å². The summed E-state index contributed by atoms with van der Waals surface area (Å²) in [6, 6.07) is 2.36. The number of aromatic nitrogens is 1. The van der Waals surface area contributed by atoms with Gasteiger partial charge in [-0.1, -0.05) is 0 Å². The van der Waals surface area contributed by atoms with E-state index in [0.29, 0.717) is 6.54 Å². The van der Waals surface area contributed by atoms with Crippen molar-refractivity contribution in [1.29, 1.82) is 0 Å². The Labute approximate surface area is 113 Å². The third-order valence-electron chi connectivity index (χ3n) is 2.67. The number of aryl methyl sites for hydroxylation is 2. The summed E-state index contributed by atoms with van der Waals surface area (Å²) in [7, 11) is 0. The fourth-order valence-electron chi connectivity index (χ4n) is 1.56. The molecule has 2 heterocycles. The van der Waals surface area contributed by atoms with Gasteiger partial charge in [0.25, 0.3) is 0 Å². The summed E-state index contributed by atoms with van der Waals surface area (Å²) >= 11 is 5.28. The minimum Gasteiger partial charge on any atom is -0.444 e. The molecular formula is C12H15BrN2OS. The molecule has 1 N–H and O–H groups in total. The highest BCUT2D eigenvalue weighted by Gasteiger charge is 2.12. The lowest BCUT2D eigenvalue weighted by Gasteiger charge is -2.11. The maximum atomic E-state index is 5.53. The molecule has 0 saturated heterocycles. The van der Waals surface area contributed by atoms with Crippen LogP contribution in [-0.2, 0) is 6.54 Å². The van der Waals surface area contributed by atoms with E-state index in [-0.39, 0.29) is 6.04 Å². The molecule has 0 fully saturated rings. The molecule has 0 bridgehead atoms. The van der Waals surface area contributed by atoms with Gasteiger partial charge in [0.15, 0.2) is 0 Å². The number of thiophene rings is 1. The van der Waals surface area contributed by atoms with Gasteiger partial charge in [0.05, 0.1) is 12.2 Å². The lowest BCUT2D eigenvalue weighted by atomic mass is 10.3. The van der Waals surface area contributed by atoms with Gasteiger partial charge >= 0.3 is 0 Å². The summed E-state index contributed by atoms with van der Waals surface area (Å²) in [5, 5.41) is 5.49. The van der Waals surface area contributed by atoms with E-state index in [9.17, 15) is 0 Å². The van der Waals surface area contributed by atoms with E-state index >= 15 is 0 Å². The fraction of sp³-hybridized carbons (Fsp3) is 0.417. The van der Waals surface area contributed by atoms with Crippen LogP contribution in [0.2, 0.25) is 0 Å². The van der Waals surface area contributed by atoms with E-state index in [2.05, 4.69) is 44.6 Å². The van der Waals surface area contributed by atoms with E-state index in [1.54, 1.807) is 11.3 Å². The first kappa shape index (κ1) is 12.8. The van der Waals surface area contributed by atoms with Crippen LogP contribution in [0.15, 0.2) is 20.3 Å². The fourth-order valence-corrected chi connectivity index (χ4v) is 3.31. The van der Waals surface area contributed by atoms with Gasteiger partial charge < -0.3 is 9.73 Å². The molecule has 2 aromatic rings. The quantitative estimate of drug-likeness (QED) is 0.928. The van der Waals surface area contributed by atoms with Crippen LogP contribution in [-0.4, -0.2) is 4.98 Å². The van der Waals surface area contributed by atoms with Crippen molar-refractivity contribution in [2.24, 2.45) is 0 Å². The van der Waals surface area contributed by atoms with Crippen LogP contribution in [0.4, 0.5) is 0 Å². The molecule has 17 heavy (non-hydrogen) atoms. The molecule has 0 amide bonds. The number of hydrogen-bond donors (Lipinski definition) is 1. The largest absolute Gasteiger partial charge is 0.444 e. The predicted molar refractivity (Wildman–Crippen MR) is 73.3 cm³/mol.